The second-order valence-electron chi connectivity index (χ2n) is 9.38. The first-order chi connectivity index (χ1) is 15.2. The quantitative estimate of drug-likeness (QED) is 0.653. The SMILES string of the molecule is O=C(Cc1ccccc1F)C1NCC2C3CCC(c4ccccc4)(c4ccccc43)C12. The molecule has 2 fully saturated rings. The van der Waals surface area contributed by atoms with Gasteiger partial charge in [-0.15, -0.1) is 0 Å². The zero-order valence-corrected chi connectivity index (χ0v) is 17.4. The molecule has 1 N–H and O–H groups in total. The van der Waals surface area contributed by atoms with Crippen LogP contribution < -0.4 is 5.32 Å². The number of hydrogen-bond donors (Lipinski definition) is 1. The highest BCUT2D eigenvalue weighted by Gasteiger charge is 2.62. The minimum atomic E-state index is -0.293. The maximum atomic E-state index is 14.3. The van der Waals surface area contributed by atoms with Crippen molar-refractivity contribution in [3.8, 4) is 0 Å². The minimum absolute atomic E-state index is 0.109. The van der Waals surface area contributed by atoms with Gasteiger partial charge in [-0.2, -0.15) is 0 Å². The summed E-state index contributed by atoms with van der Waals surface area (Å²) in [5.74, 6) is 0.934. The lowest BCUT2D eigenvalue weighted by Crippen LogP contribution is -2.55. The summed E-state index contributed by atoms with van der Waals surface area (Å²) in [4.78, 5) is 13.6. The highest BCUT2D eigenvalue weighted by molar-refractivity contribution is 5.87. The number of benzene rings is 3. The third-order valence-corrected chi connectivity index (χ3v) is 8.13. The molecule has 0 spiro atoms. The lowest BCUT2D eigenvalue weighted by atomic mass is 9.46. The monoisotopic (exact) mass is 411 g/mol. The van der Waals surface area contributed by atoms with Crippen molar-refractivity contribution in [3.63, 3.8) is 0 Å². The van der Waals surface area contributed by atoms with Gasteiger partial charge in [-0.3, -0.25) is 4.79 Å². The number of hydrogen-bond acceptors (Lipinski definition) is 2. The molecule has 7 rings (SSSR count). The van der Waals surface area contributed by atoms with E-state index in [0.29, 0.717) is 17.4 Å². The van der Waals surface area contributed by atoms with Crippen LogP contribution in [0.5, 0.6) is 0 Å². The molecule has 3 aliphatic carbocycles. The topological polar surface area (TPSA) is 29.1 Å². The van der Waals surface area contributed by atoms with Crippen LogP contribution >= 0.6 is 0 Å². The van der Waals surface area contributed by atoms with E-state index >= 15 is 0 Å². The van der Waals surface area contributed by atoms with Crippen LogP contribution in [0.3, 0.4) is 0 Å². The molecule has 156 valence electrons. The average Bonchev–Trinajstić information content (AvgIpc) is 3.29. The Morgan fingerprint density at radius 1 is 0.968 bits per heavy atom. The summed E-state index contributed by atoms with van der Waals surface area (Å²) in [5.41, 5.74) is 4.49. The molecular weight excluding hydrogens is 385 g/mol. The first kappa shape index (κ1) is 18.9. The Morgan fingerprint density at radius 3 is 2.55 bits per heavy atom. The lowest BCUT2D eigenvalue weighted by molar-refractivity contribution is -0.122. The second-order valence-corrected chi connectivity index (χ2v) is 9.38. The summed E-state index contributed by atoms with van der Waals surface area (Å²) < 4.78 is 14.3. The Kier molecular flexibility index (Phi) is 4.36. The standard InChI is InChI=1S/C28H26FNO/c29-24-13-7-4-8-18(24)16-25(31)27-26-22(17-30-27)20-14-15-28(26,19-9-2-1-3-10-19)23-12-6-5-11-21(20)23/h1-13,20,22,26-27,30H,14-17H2. The number of carbonyl (C=O) groups is 1. The molecule has 3 heteroatoms. The number of nitrogens with one attached hydrogen (secondary N) is 1. The molecule has 0 amide bonds. The first-order valence-electron chi connectivity index (χ1n) is 11.3. The lowest BCUT2D eigenvalue weighted by Gasteiger charge is -2.56. The molecule has 5 unspecified atom stereocenters. The van der Waals surface area contributed by atoms with Crippen molar-refractivity contribution in [2.75, 3.05) is 6.54 Å². The van der Waals surface area contributed by atoms with Gasteiger partial charge in [0.2, 0.25) is 0 Å². The minimum Gasteiger partial charge on any atom is -0.307 e. The van der Waals surface area contributed by atoms with Gasteiger partial charge in [0.15, 0.2) is 5.78 Å². The van der Waals surface area contributed by atoms with Crippen molar-refractivity contribution in [3.05, 3.63) is 107 Å². The summed E-state index contributed by atoms with van der Waals surface area (Å²) in [6.07, 6.45) is 2.36. The van der Waals surface area contributed by atoms with Crippen LogP contribution in [-0.2, 0) is 16.6 Å². The smallest absolute Gasteiger partial charge is 0.154 e. The fourth-order valence-corrected chi connectivity index (χ4v) is 6.98. The summed E-state index contributed by atoms with van der Waals surface area (Å²) in [7, 11) is 0. The van der Waals surface area contributed by atoms with E-state index < -0.39 is 0 Å². The summed E-state index contributed by atoms with van der Waals surface area (Å²) in [6, 6.07) is 26.0. The van der Waals surface area contributed by atoms with E-state index in [0.717, 1.165) is 19.4 Å². The van der Waals surface area contributed by atoms with E-state index in [1.807, 2.05) is 0 Å². The van der Waals surface area contributed by atoms with Gasteiger partial charge in [0, 0.05) is 11.8 Å². The van der Waals surface area contributed by atoms with Crippen molar-refractivity contribution in [1.82, 2.24) is 5.32 Å². The highest BCUT2D eigenvalue weighted by Crippen LogP contribution is 2.63. The van der Waals surface area contributed by atoms with Gasteiger partial charge in [-0.1, -0.05) is 72.8 Å². The van der Waals surface area contributed by atoms with Gasteiger partial charge in [-0.05, 0) is 65.5 Å². The molecule has 5 atom stereocenters. The van der Waals surface area contributed by atoms with E-state index in [-0.39, 0.29) is 35.4 Å². The van der Waals surface area contributed by atoms with Gasteiger partial charge in [0.25, 0.3) is 0 Å². The van der Waals surface area contributed by atoms with Gasteiger partial charge < -0.3 is 5.32 Å². The third kappa shape index (κ3) is 2.69. The van der Waals surface area contributed by atoms with E-state index in [1.54, 1.807) is 18.2 Å². The van der Waals surface area contributed by atoms with E-state index in [9.17, 15) is 9.18 Å². The van der Waals surface area contributed by atoms with Crippen LogP contribution in [0.25, 0.3) is 0 Å². The molecule has 4 aliphatic rings. The van der Waals surface area contributed by atoms with E-state index in [2.05, 4.69) is 59.9 Å². The molecule has 0 radical (unpaired) electrons. The summed E-state index contributed by atoms with van der Waals surface area (Å²) >= 11 is 0. The number of fused-ring (bicyclic) bond motifs is 1. The predicted octanol–water partition coefficient (Wildman–Crippen LogP) is 5.02. The number of Topliss-reactive ketones (excluding diaryl/α,β-unsaturated/α-hetero) is 1. The maximum Gasteiger partial charge on any atom is 0.154 e. The largest absolute Gasteiger partial charge is 0.307 e. The number of rotatable bonds is 4. The van der Waals surface area contributed by atoms with Crippen LogP contribution in [0.2, 0.25) is 0 Å². The van der Waals surface area contributed by atoms with Crippen molar-refractivity contribution in [2.45, 2.75) is 36.6 Å². The Bertz CT molecular complexity index is 1140. The van der Waals surface area contributed by atoms with Gasteiger partial charge >= 0.3 is 0 Å². The zero-order valence-electron chi connectivity index (χ0n) is 17.4. The molecule has 31 heavy (non-hydrogen) atoms. The summed E-state index contributed by atoms with van der Waals surface area (Å²) in [6.45, 7) is 0.853. The Labute approximate surface area is 182 Å². The molecule has 1 saturated heterocycles. The molecule has 2 bridgehead atoms. The second kappa shape index (κ2) is 7.13. The number of halogens is 1. The zero-order chi connectivity index (χ0) is 21.0. The molecule has 1 heterocycles. The van der Waals surface area contributed by atoms with Crippen LogP contribution in [-0.4, -0.2) is 18.4 Å². The highest BCUT2D eigenvalue weighted by atomic mass is 19.1. The van der Waals surface area contributed by atoms with E-state index in [4.69, 9.17) is 0 Å². The fraction of sp³-hybridized carbons (Fsp3) is 0.321. The molecule has 2 nitrogen and oxygen atoms in total. The van der Waals surface area contributed by atoms with Crippen molar-refractivity contribution in [2.24, 2.45) is 11.8 Å². The van der Waals surface area contributed by atoms with Crippen LogP contribution in [0, 0.1) is 17.7 Å². The fourth-order valence-electron chi connectivity index (χ4n) is 6.98. The van der Waals surface area contributed by atoms with Gasteiger partial charge in [-0.25, -0.2) is 4.39 Å². The average molecular weight is 412 g/mol. The molecule has 0 aromatic heterocycles. The number of carbonyl (C=O) groups excluding carboxylic acids is 1. The van der Waals surface area contributed by atoms with Gasteiger partial charge in [0.1, 0.15) is 5.82 Å². The molecule has 3 aromatic carbocycles. The van der Waals surface area contributed by atoms with Crippen molar-refractivity contribution in [1.29, 1.82) is 0 Å². The number of ketones is 1. The first-order valence-corrected chi connectivity index (χ1v) is 11.3. The van der Waals surface area contributed by atoms with Crippen molar-refractivity contribution >= 4 is 5.78 Å². The van der Waals surface area contributed by atoms with Crippen LogP contribution in [0.15, 0.2) is 78.9 Å². The molecule has 1 saturated carbocycles. The molecule has 3 aromatic rings. The van der Waals surface area contributed by atoms with Gasteiger partial charge in [0.05, 0.1) is 6.04 Å². The van der Waals surface area contributed by atoms with Crippen LogP contribution in [0.1, 0.15) is 41.0 Å². The molecular formula is C28H26FNO. The van der Waals surface area contributed by atoms with Crippen LogP contribution in [0.4, 0.5) is 4.39 Å². The normalized spacial score (nSPS) is 30.6. The Hall–Kier alpha value is -2.78. The van der Waals surface area contributed by atoms with Crippen molar-refractivity contribution < 1.29 is 9.18 Å². The van der Waals surface area contributed by atoms with E-state index in [1.165, 1.54) is 22.8 Å². The maximum absolute atomic E-state index is 14.3. The summed E-state index contributed by atoms with van der Waals surface area (Å²) in [5, 5.41) is 3.60. The molecule has 1 aliphatic heterocycles. The Balaban J connectivity index is 1.47. The third-order valence-electron chi connectivity index (χ3n) is 8.13. The Morgan fingerprint density at radius 2 is 1.71 bits per heavy atom. The predicted molar refractivity (Wildman–Crippen MR) is 120 cm³/mol.